The van der Waals surface area contributed by atoms with Crippen LogP contribution in [-0.4, -0.2) is 15.9 Å². The zero-order valence-electron chi connectivity index (χ0n) is 13.0. The second-order valence-corrected chi connectivity index (χ2v) is 7.45. The number of hydrogen-bond acceptors (Lipinski definition) is 4. The van der Waals surface area contributed by atoms with Crippen molar-refractivity contribution in [1.82, 2.24) is 4.90 Å². The van der Waals surface area contributed by atoms with Crippen LogP contribution in [0, 0.1) is 10.1 Å². The molecule has 0 radical (unpaired) electrons. The Morgan fingerprint density at radius 1 is 1.26 bits per heavy atom. The number of rotatable bonds is 5. The van der Waals surface area contributed by atoms with Gasteiger partial charge in [-0.15, -0.1) is 0 Å². The van der Waals surface area contributed by atoms with Gasteiger partial charge >= 0.3 is 5.00 Å². The number of nitro groups is 1. The predicted molar refractivity (Wildman–Crippen MR) is 91.7 cm³/mol. The van der Waals surface area contributed by atoms with Crippen molar-refractivity contribution in [2.45, 2.75) is 50.7 Å². The molecule has 0 spiro atoms. The van der Waals surface area contributed by atoms with Crippen LogP contribution in [0.25, 0.3) is 0 Å². The van der Waals surface area contributed by atoms with Crippen molar-refractivity contribution in [2.75, 3.05) is 0 Å². The van der Waals surface area contributed by atoms with Crippen molar-refractivity contribution in [3.8, 4) is 0 Å². The molecule has 1 atom stereocenters. The third-order valence-corrected chi connectivity index (χ3v) is 5.87. The average Bonchev–Trinajstić information content (AvgIpc) is 3.30. The summed E-state index contributed by atoms with van der Waals surface area (Å²) in [5.74, 6) is 0. The van der Waals surface area contributed by atoms with Crippen LogP contribution in [0.2, 0.25) is 0 Å². The van der Waals surface area contributed by atoms with E-state index in [2.05, 4.69) is 29.2 Å². The molecule has 0 amide bonds. The molecule has 1 heterocycles. The van der Waals surface area contributed by atoms with Gasteiger partial charge in [-0.2, -0.15) is 0 Å². The maximum Gasteiger partial charge on any atom is 0.324 e. The van der Waals surface area contributed by atoms with Gasteiger partial charge in [0.05, 0.1) is 4.92 Å². The molecule has 23 heavy (non-hydrogen) atoms. The number of thiophene rings is 1. The summed E-state index contributed by atoms with van der Waals surface area (Å²) >= 11 is 1.24. The van der Waals surface area contributed by atoms with Gasteiger partial charge in [-0.05, 0) is 48.8 Å². The first-order valence-corrected chi connectivity index (χ1v) is 9.15. The smallest absolute Gasteiger partial charge is 0.289 e. The van der Waals surface area contributed by atoms with Crippen LogP contribution in [0.1, 0.15) is 48.4 Å². The van der Waals surface area contributed by atoms with Gasteiger partial charge in [-0.25, -0.2) is 0 Å². The van der Waals surface area contributed by atoms with E-state index in [0.717, 1.165) is 12.1 Å². The monoisotopic (exact) mass is 328 g/mol. The first kappa shape index (κ1) is 14.8. The van der Waals surface area contributed by atoms with Gasteiger partial charge < -0.3 is 0 Å². The Balaban J connectivity index is 1.60. The highest BCUT2D eigenvalue weighted by molar-refractivity contribution is 7.13. The molecule has 120 valence electrons. The molecule has 1 aromatic heterocycles. The number of benzene rings is 1. The zero-order chi connectivity index (χ0) is 15.8. The van der Waals surface area contributed by atoms with E-state index in [9.17, 15) is 10.1 Å². The molecule has 4 rings (SSSR count). The maximum absolute atomic E-state index is 10.9. The van der Waals surface area contributed by atoms with Crippen molar-refractivity contribution in [3.63, 3.8) is 0 Å². The van der Waals surface area contributed by atoms with Gasteiger partial charge in [0.2, 0.25) is 0 Å². The SMILES string of the molecule is O=[N+]([O-])c1cc(CN(C2CC2)C2CCCc3ccccc32)cs1. The van der Waals surface area contributed by atoms with Gasteiger partial charge in [-0.1, -0.05) is 35.6 Å². The van der Waals surface area contributed by atoms with Crippen molar-refractivity contribution in [1.29, 1.82) is 0 Å². The fourth-order valence-electron chi connectivity index (χ4n) is 3.72. The Kier molecular flexibility index (Phi) is 3.91. The summed E-state index contributed by atoms with van der Waals surface area (Å²) in [5.41, 5.74) is 4.03. The minimum atomic E-state index is -0.286. The Bertz CT molecular complexity index is 723. The summed E-state index contributed by atoms with van der Waals surface area (Å²) in [6, 6.07) is 11.6. The van der Waals surface area contributed by atoms with E-state index in [4.69, 9.17) is 0 Å². The minimum absolute atomic E-state index is 0.250. The third-order valence-electron chi connectivity index (χ3n) is 4.94. The van der Waals surface area contributed by atoms with Crippen LogP contribution in [0.15, 0.2) is 35.7 Å². The molecule has 1 aromatic carbocycles. The molecular weight excluding hydrogens is 308 g/mol. The first-order chi connectivity index (χ1) is 11.2. The largest absolute Gasteiger partial charge is 0.324 e. The molecule has 5 heteroatoms. The van der Waals surface area contributed by atoms with Crippen LogP contribution in [0.4, 0.5) is 5.00 Å². The molecule has 0 saturated heterocycles. The van der Waals surface area contributed by atoms with Gasteiger partial charge in [0.25, 0.3) is 0 Å². The van der Waals surface area contributed by atoms with E-state index in [1.807, 2.05) is 5.38 Å². The highest BCUT2D eigenvalue weighted by atomic mass is 32.1. The van der Waals surface area contributed by atoms with Crippen LogP contribution in [-0.2, 0) is 13.0 Å². The van der Waals surface area contributed by atoms with Gasteiger partial charge in [0, 0.05) is 30.1 Å². The van der Waals surface area contributed by atoms with Crippen molar-refractivity contribution in [2.24, 2.45) is 0 Å². The Morgan fingerprint density at radius 3 is 2.83 bits per heavy atom. The van der Waals surface area contributed by atoms with Crippen molar-refractivity contribution in [3.05, 3.63) is 62.5 Å². The second kappa shape index (κ2) is 6.06. The summed E-state index contributed by atoms with van der Waals surface area (Å²) in [6.45, 7) is 0.827. The standard InChI is InChI=1S/C18H20N2O2S/c21-20(22)18-10-13(12-23-18)11-19(15-8-9-15)17-7-3-5-14-4-1-2-6-16(14)17/h1-2,4,6,10,12,15,17H,3,5,7-9,11H2. The first-order valence-electron chi connectivity index (χ1n) is 8.28. The number of hydrogen-bond donors (Lipinski definition) is 0. The number of nitrogens with zero attached hydrogens (tertiary/aromatic N) is 2. The van der Waals surface area contributed by atoms with Crippen LogP contribution >= 0.6 is 11.3 Å². The molecule has 0 aliphatic heterocycles. The Morgan fingerprint density at radius 2 is 2.09 bits per heavy atom. The second-order valence-electron chi connectivity index (χ2n) is 6.56. The van der Waals surface area contributed by atoms with E-state index >= 15 is 0 Å². The fraction of sp³-hybridized carbons (Fsp3) is 0.444. The molecule has 2 aromatic rings. The van der Waals surface area contributed by atoms with Crippen LogP contribution in [0.3, 0.4) is 0 Å². The summed E-state index contributed by atoms with van der Waals surface area (Å²) < 4.78 is 0. The molecule has 1 saturated carbocycles. The summed E-state index contributed by atoms with van der Waals surface area (Å²) in [4.78, 5) is 13.2. The highest BCUT2D eigenvalue weighted by Crippen LogP contribution is 2.42. The molecule has 2 aliphatic carbocycles. The zero-order valence-corrected chi connectivity index (χ0v) is 13.8. The molecule has 2 aliphatic rings. The molecule has 1 fully saturated rings. The Hall–Kier alpha value is -1.72. The van der Waals surface area contributed by atoms with Crippen LogP contribution < -0.4 is 0 Å². The van der Waals surface area contributed by atoms with E-state index in [1.54, 1.807) is 6.07 Å². The minimum Gasteiger partial charge on any atom is -0.289 e. The highest BCUT2D eigenvalue weighted by Gasteiger charge is 2.36. The van der Waals surface area contributed by atoms with Gasteiger partial charge in [0.15, 0.2) is 0 Å². The predicted octanol–water partition coefficient (Wildman–Crippen LogP) is 4.70. The quantitative estimate of drug-likeness (QED) is 0.590. The van der Waals surface area contributed by atoms with Crippen molar-refractivity contribution >= 4 is 16.3 Å². The van der Waals surface area contributed by atoms with Gasteiger partial charge in [-0.3, -0.25) is 15.0 Å². The summed E-state index contributed by atoms with van der Waals surface area (Å²) in [7, 11) is 0. The van der Waals surface area contributed by atoms with Crippen molar-refractivity contribution < 1.29 is 4.92 Å². The lowest BCUT2D eigenvalue weighted by atomic mass is 9.86. The summed E-state index contributed by atoms with van der Waals surface area (Å²) in [6.07, 6.45) is 6.11. The average molecular weight is 328 g/mol. The molecule has 4 nitrogen and oxygen atoms in total. The molecular formula is C18H20N2O2S. The molecule has 0 N–H and O–H groups in total. The number of fused-ring (bicyclic) bond motifs is 1. The molecule has 1 unspecified atom stereocenters. The van der Waals surface area contributed by atoms with E-state index in [1.165, 1.54) is 54.6 Å². The number of aryl methyl sites for hydroxylation is 1. The lowest BCUT2D eigenvalue weighted by Crippen LogP contribution is -2.32. The lowest BCUT2D eigenvalue weighted by molar-refractivity contribution is -0.380. The third kappa shape index (κ3) is 3.03. The normalized spacial score (nSPS) is 20.5. The van der Waals surface area contributed by atoms with Crippen LogP contribution in [0.5, 0.6) is 0 Å². The fourth-order valence-corrected chi connectivity index (χ4v) is 4.45. The maximum atomic E-state index is 10.9. The van der Waals surface area contributed by atoms with E-state index < -0.39 is 0 Å². The van der Waals surface area contributed by atoms with E-state index in [0.29, 0.717) is 12.1 Å². The Labute approximate surface area is 139 Å². The van der Waals surface area contributed by atoms with Gasteiger partial charge in [0.1, 0.15) is 0 Å². The molecule has 0 bridgehead atoms. The summed E-state index contributed by atoms with van der Waals surface area (Å²) in [5, 5.41) is 13.1. The topological polar surface area (TPSA) is 46.4 Å². The van der Waals surface area contributed by atoms with E-state index in [-0.39, 0.29) is 9.92 Å². The lowest BCUT2D eigenvalue weighted by Gasteiger charge is -2.36.